The van der Waals surface area contributed by atoms with Gasteiger partial charge in [-0.25, -0.2) is 13.1 Å². The van der Waals surface area contributed by atoms with Gasteiger partial charge in [-0.2, -0.15) is 0 Å². The predicted molar refractivity (Wildman–Crippen MR) is 83.7 cm³/mol. The van der Waals surface area contributed by atoms with Crippen molar-refractivity contribution in [2.75, 3.05) is 0 Å². The molecule has 2 rings (SSSR count). The van der Waals surface area contributed by atoms with Crippen LogP contribution in [0.15, 0.2) is 59.5 Å². The van der Waals surface area contributed by atoms with Crippen LogP contribution in [0.5, 0.6) is 0 Å². The molecule has 23 heavy (non-hydrogen) atoms. The first-order valence-corrected chi connectivity index (χ1v) is 8.16. The van der Waals surface area contributed by atoms with E-state index in [4.69, 9.17) is 0 Å². The number of sulfonamides is 1. The van der Waals surface area contributed by atoms with E-state index >= 15 is 0 Å². The van der Waals surface area contributed by atoms with Crippen molar-refractivity contribution < 1.29 is 18.1 Å². The maximum absolute atomic E-state index is 12.3. The van der Waals surface area contributed by atoms with E-state index in [1.165, 1.54) is 19.1 Å². The molecule has 0 saturated carbocycles. The van der Waals surface area contributed by atoms with Gasteiger partial charge in [0.05, 0.1) is 11.0 Å². The third-order valence-corrected chi connectivity index (χ3v) is 4.72. The van der Waals surface area contributed by atoms with Crippen LogP contribution in [0.4, 0.5) is 5.69 Å². The molecule has 0 radical (unpaired) electrons. The van der Waals surface area contributed by atoms with E-state index in [-0.39, 0.29) is 0 Å². The quantitative estimate of drug-likeness (QED) is 0.495. The highest BCUT2D eigenvalue weighted by Crippen LogP contribution is 2.23. The molecule has 7 nitrogen and oxygen atoms in total. The smallest absolute Gasteiger partial charge is 0.289 e. The first kappa shape index (κ1) is 16.8. The maximum Gasteiger partial charge on any atom is 0.289 e. The number of para-hydroxylation sites is 1. The zero-order valence-electron chi connectivity index (χ0n) is 12.2. The fourth-order valence-electron chi connectivity index (χ4n) is 2.04. The van der Waals surface area contributed by atoms with E-state index in [1.807, 2.05) is 0 Å². The van der Waals surface area contributed by atoms with Gasteiger partial charge in [0.2, 0.25) is 10.0 Å². The summed E-state index contributed by atoms with van der Waals surface area (Å²) < 4.78 is 26.9. The second-order valence-electron chi connectivity index (χ2n) is 4.80. The monoisotopic (exact) mass is 334 g/mol. The van der Waals surface area contributed by atoms with Crippen molar-refractivity contribution in [3.05, 3.63) is 70.3 Å². The summed E-state index contributed by atoms with van der Waals surface area (Å²) in [5.41, 5.74) is -0.190. The average Bonchev–Trinajstić information content (AvgIpc) is 2.54. The van der Waals surface area contributed by atoms with E-state index in [0.29, 0.717) is 5.56 Å². The van der Waals surface area contributed by atoms with Crippen LogP contribution in [0.3, 0.4) is 0 Å². The number of hydrogen-bond acceptors (Lipinski definition) is 5. The molecule has 0 unspecified atom stereocenters. The topological polar surface area (TPSA) is 106 Å². The number of nitrogens with one attached hydrogen (secondary N) is 1. The molecule has 0 amide bonds. The number of benzene rings is 2. The highest BCUT2D eigenvalue weighted by molar-refractivity contribution is 7.89. The van der Waals surface area contributed by atoms with Crippen LogP contribution in [-0.4, -0.2) is 25.2 Å². The molecule has 0 spiro atoms. The van der Waals surface area contributed by atoms with Gasteiger partial charge >= 0.3 is 0 Å². The van der Waals surface area contributed by atoms with Crippen LogP contribution >= 0.6 is 0 Å². The summed E-state index contributed by atoms with van der Waals surface area (Å²) in [5, 5.41) is 11.0. The van der Waals surface area contributed by atoms with Crippen LogP contribution in [0.25, 0.3) is 0 Å². The lowest BCUT2D eigenvalue weighted by Crippen LogP contribution is -2.38. The minimum absolute atomic E-state index is 0.352. The molecular formula is C15H14N2O5S. The Labute approximate surface area is 133 Å². The number of rotatable bonds is 6. The highest BCUT2D eigenvalue weighted by Gasteiger charge is 2.28. The first-order valence-electron chi connectivity index (χ1n) is 6.68. The Hall–Kier alpha value is -2.58. The number of Topliss-reactive ketones (excluding diaryl/α,β-unsaturated/α-hetero) is 1. The van der Waals surface area contributed by atoms with E-state index in [0.717, 1.165) is 12.1 Å². The summed E-state index contributed by atoms with van der Waals surface area (Å²) in [5.74, 6) is -0.423. The van der Waals surface area contributed by atoms with Crippen molar-refractivity contribution in [2.45, 2.75) is 17.9 Å². The molecule has 0 aliphatic carbocycles. The van der Waals surface area contributed by atoms with Gasteiger partial charge in [-0.05, 0) is 13.0 Å². The average molecular weight is 334 g/mol. The summed E-state index contributed by atoms with van der Waals surface area (Å²) >= 11 is 0. The van der Waals surface area contributed by atoms with Crippen molar-refractivity contribution >= 4 is 21.5 Å². The predicted octanol–water partition coefficient (Wildman–Crippen LogP) is 2.14. The van der Waals surface area contributed by atoms with Gasteiger partial charge in [0.25, 0.3) is 5.69 Å². The summed E-state index contributed by atoms with van der Waals surface area (Å²) in [7, 11) is -4.20. The molecule has 0 bridgehead atoms. The van der Waals surface area contributed by atoms with Gasteiger partial charge in [-0.3, -0.25) is 14.9 Å². The maximum atomic E-state index is 12.3. The van der Waals surface area contributed by atoms with E-state index in [2.05, 4.69) is 4.72 Å². The largest absolute Gasteiger partial charge is 0.292 e. The lowest BCUT2D eigenvalue weighted by atomic mass is 10.1. The number of carbonyl (C=O) groups excluding carboxylic acids is 1. The lowest BCUT2D eigenvalue weighted by molar-refractivity contribution is -0.387. The normalized spacial score (nSPS) is 12.6. The molecule has 0 aliphatic heterocycles. The Morgan fingerprint density at radius 2 is 1.65 bits per heavy atom. The molecule has 120 valence electrons. The molecule has 0 aliphatic rings. The molecule has 1 atom stereocenters. The molecule has 2 aromatic rings. The van der Waals surface area contributed by atoms with Crippen molar-refractivity contribution in [3.63, 3.8) is 0 Å². The highest BCUT2D eigenvalue weighted by atomic mass is 32.2. The fraction of sp³-hybridized carbons (Fsp3) is 0.133. The molecule has 1 N–H and O–H groups in total. The van der Waals surface area contributed by atoms with Gasteiger partial charge in [0.15, 0.2) is 10.7 Å². The summed E-state index contributed by atoms with van der Waals surface area (Å²) in [4.78, 5) is 21.9. The molecular weight excluding hydrogens is 320 g/mol. The molecule has 0 aromatic heterocycles. The van der Waals surface area contributed by atoms with Gasteiger partial charge in [-0.15, -0.1) is 0 Å². The van der Waals surface area contributed by atoms with Crippen molar-refractivity contribution in [1.82, 2.24) is 4.72 Å². The Balaban J connectivity index is 2.29. The SMILES string of the molecule is C[C@H](NS(=O)(=O)c1ccccc1[N+](=O)[O-])C(=O)c1ccccc1. The fourth-order valence-corrected chi connectivity index (χ4v) is 3.41. The first-order chi connectivity index (χ1) is 10.8. The molecule has 0 saturated heterocycles. The van der Waals surface area contributed by atoms with Crippen molar-refractivity contribution in [1.29, 1.82) is 0 Å². The lowest BCUT2D eigenvalue weighted by Gasteiger charge is -2.13. The minimum atomic E-state index is -4.20. The van der Waals surface area contributed by atoms with E-state index in [9.17, 15) is 23.3 Å². The number of hydrogen-bond donors (Lipinski definition) is 1. The molecule has 0 fully saturated rings. The van der Waals surface area contributed by atoms with E-state index in [1.54, 1.807) is 30.3 Å². The van der Waals surface area contributed by atoms with Gasteiger partial charge in [0.1, 0.15) is 0 Å². The number of carbonyl (C=O) groups is 1. The molecule has 2 aromatic carbocycles. The standard InChI is InChI=1S/C15H14N2O5S/c1-11(15(18)12-7-3-2-4-8-12)16-23(21,22)14-10-6-5-9-13(14)17(19)20/h2-11,16H,1H3/t11-/m0/s1. The number of nitro benzene ring substituents is 1. The van der Waals surface area contributed by atoms with Crippen molar-refractivity contribution in [2.24, 2.45) is 0 Å². The summed E-state index contributed by atoms with van der Waals surface area (Å²) in [6, 6.07) is 12.1. The third kappa shape index (κ3) is 3.79. The Morgan fingerprint density at radius 3 is 2.26 bits per heavy atom. The van der Waals surface area contributed by atoms with Gasteiger partial charge in [0, 0.05) is 11.6 Å². The second-order valence-corrected chi connectivity index (χ2v) is 6.48. The Morgan fingerprint density at radius 1 is 1.09 bits per heavy atom. The van der Waals surface area contributed by atoms with Gasteiger partial charge in [-0.1, -0.05) is 42.5 Å². The van der Waals surface area contributed by atoms with Crippen LogP contribution in [0, 0.1) is 10.1 Å². The van der Waals surface area contributed by atoms with Crippen LogP contribution in [0.1, 0.15) is 17.3 Å². The third-order valence-electron chi connectivity index (χ3n) is 3.13. The summed E-state index contributed by atoms with van der Waals surface area (Å²) in [6.45, 7) is 1.39. The summed E-state index contributed by atoms with van der Waals surface area (Å²) in [6.07, 6.45) is 0. The molecule has 0 heterocycles. The zero-order chi connectivity index (χ0) is 17.0. The number of nitro groups is 1. The van der Waals surface area contributed by atoms with Crippen molar-refractivity contribution in [3.8, 4) is 0 Å². The van der Waals surface area contributed by atoms with Gasteiger partial charge < -0.3 is 0 Å². The second kappa shape index (κ2) is 6.67. The van der Waals surface area contributed by atoms with E-state index < -0.39 is 37.4 Å². The molecule has 8 heteroatoms. The Kier molecular flexibility index (Phi) is 4.87. The number of ketones is 1. The Bertz CT molecular complexity index is 834. The van der Waals surface area contributed by atoms with Crippen LogP contribution < -0.4 is 4.72 Å². The van der Waals surface area contributed by atoms with Crippen LogP contribution in [-0.2, 0) is 10.0 Å². The minimum Gasteiger partial charge on any atom is -0.292 e. The number of nitrogens with zero attached hydrogens (tertiary/aromatic N) is 1. The zero-order valence-corrected chi connectivity index (χ0v) is 13.0. The van der Waals surface area contributed by atoms with Crippen LogP contribution in [0.2, 0.25) is 0 Å².